The summed E-state index contributed by atoms with van der Waals surface area (Å²) in [4.78, 5) is 24.1. The van der Waals surface area contributed by atoms with E-state index in [0.717, 1.165) is 5.56 Å². The van der Waals surface area contributed by atoms with Crippen molar-refractivity contribution in [2.75, 3.05) is 14.1 Å². The van der Waals surface area contributed by atoms with E-state index in [-0.39, 0.29) is 25.2 Å². The normalized spacial score (nSPS) is 12.6. The summed E-state index contributed by atoms with van der Waals surface area (Å²) in [6, 6.07) is 8.11. The van der Waals surface area contributed by atoms with E-state index in [1.54, 1.807) is 44.4 Å². The minimum absolute atomic E-state index is 0.0721. The van der Waals surface area contributed by atoms with Crippen LogP contribution in [0, 0.1) is 0 Å². The molecule has 0 spiro atoms. The third kappa shape index (κ3) is 6.15. The van der Waals surface area contributed by atoms with Crippen LogP contribution in [0.15, 0.2) is 30.3 Å². The van der Waals surface area contributed by atoms with E-state index in [0.29, 0.717) is 0 Å². The van der Waals surface area contributed by atoms with Crippen LogP contribution in [0.5, 0.6) is 0 Å². The lowest BCUT2D eigenvalue weighted by Crippen LogP contribution is -2.44. The maximum absolute atomic E-state index is 12.4. The van der Waals surface area contributed by atoms with Crippen molar-refractivity contribution in [2.45, 2.75) is 31.5 Å². The van der Waals surface area contributed by atoms with Gasteiger partial charge in [-0.2, -0.15) is 13.2 Å². The van der Waals surface area contributed by atoms with E-state index < -0.39 is 18.1 Å². The average Bonchev–Trinajstić information content (AvgIpc) is 2.44. The van der Waals surface area contributed by atoms with Crippen molar-refractivity contribution in [3.63, 3.8) is 0 Å². The molecule has 22 heavy (non-hydrogen) atoms. The third-order valence-corrected chi connectivity index (χ3v) is 3.12. The Balaban J connectivity index is 2.72. The van der Waals surface area contributed by atoms with Gasteiger partial charge in [-0.25, -0.2) is 0 Å². The number of nitrogens with one attached hydrogen (secondary N) is 1. The summed E-state index contributed by atoms with van der Waals surface area (Å²) in [5.74, 6) is -2.18. The predicted molar refractivity (Wildman–Crippen MR) is 76.1 cm³/mol. The Kier molecular flexibility index (Phi) is 6.39. The van der Waals surface area contributed by atoms with Crippen molar-refractivity contribution in [3.8, 4) is 0 Å². The molecule has 0 heterocycles. The number of hydrogen-bond acceptors (Lipinski definition) is 2. The summed E-state index contributed by atoms with van der Waals surface area (Å²) in [6.07, 6.45) is -4.47. The molecule has 4 nitrogen and oxygen atoms in total. The first kappa shape index (κ1) is 18.0. The Hall–Kier alpha value is -2.05. The molecule has 0 aliphatic rings. The highest BCUT2D eigenvalue weighted by atomic mass is 19.4. The van der Waals surface area contributed by atoms with Gasteiger partial charge in [0, 0.05) is 26.6 Å². The molecule has 0 aromatic heterocycles. The van der Waals surface area contributed by atoms with Crippen LogP contribution in [-0.4, -0.2) is 43.0 Å². The molecule has 1 aromatic carbocycles. The fourth-order valence-corrected chi connectivity index (χ4v) is 1.91. The lowest BCUT2D eigenvalue weighted by atomic mass is 10.0. The van der Waals surface area contributed by atoms with Gasteiger partial charge in [0.1, 0.15) is 0 Å². The van der Waals surface area contributed by atoms with Gasteiger partial charge in [0.25, 0.3) is 0 Å². The SMILES string of the molecule is CN(C)C(=O)CC[C@H](Cc1ccccc1)NC(=O)C(F)(F)F. The second-order valence-electron chi connectivity index (χ2n) is 5.18. The molecule has 1 N–H and O–H groups in total. The van der Waals surface area contributed by atoms with Crippen molar-refractivity contribution >= 4 is 11.8 Å². The molecular weight excluding hydrogens is 297 g/mol. The maximum atomic E-state index is 12.4. The highest BCUT2D eigenvalue weighted by Crippen LogP contribution is 2.16. The van der Waals surface area contributed by atoms with Gasteiger partial charge in [0.05, 0.1) is 0 Å². The van der Waals surface area contributed by atoms with Gasteiger partial charge in [-0.1, -0.05) is 30.3 Å². The van der Waals surface area contributed by atoms with Crippen molar-refractivity contribution in [1.29, 1.82) is 0 Å². The van der Waals surface area contributed by atoms with Crippen LogP contribution < -0.4 is 5.32 Å². The van der Waals surface area contributed by atoms with Crippen LogP contribution in [0.2, 0.25) is 0 Å². The van der Waals surface area contributed by atoms with E-state index in [2.05, 4.69) is 0 Å². The van der Waals surface area contributed by atoms with Crippen molar-refractivity contribution in [1.82, 2.24) is 10.2 Å². The van der Waals surface area contributed by atoms with Crippen molar-refractivity contribution in [2.24, 2.45) is 0 Å². The molecule has 1 atom stereocenters. The van der Waals surface area contributed by atoms with E-state index in [1.807, 2.05) is 5.32 Å². The highest BCUT2D eigenvalue weighted by Gasteiger charge is 2.39. The Morgan fingerprint density at radius 2 is 1.77 bits per heavy atom. The standard InChI is InChI=1S/C15H19F3N2O2/c1-20(2)13(21)9-8-12(19-14(22)15(16,17)18)10-11-6-4-3-5-7-11/h3-7,12H,8-10H2,1-2H3,(H,19,22)/t12-/m1/s1. The third-order valence-electron chi connectivity index (χ3n) is 3.12. The number of hydrogen-bond donors (Lipinski definition) is 1. The molecule has 1 rings (SSSR count). The molecule has 0 fully saturated rings. The molecular formula is C15H19F3N2O2. The Morgan fingerprint density at radius 3 is 2.27 bits per heavy atom. The predicted octanol–water partition coefficient (Wildman–Crippen LogP) is 2.14. The largest absolute Gasteiger partial charge is 0.471 e. The first-order valence-electron chi connectivity index (χ1n) is 6.82. The second kappa shape index (κ2) is 7.82. The molecule has 0 saturated carbocycles. The molecule has 2 amide bonds. The molecule has 0 radical (unpaired) electrons. The van der Waals surface area contributed by atoms with Gasteiger partial charge < -0.3 is 10.2 Å². The van der Waals surface area contributed by atoms with Gasteiger partial charge in [-0.05, 0) is 18.4 Å². The number of amides is 2. The minimum Gasteiger partial charge on any atom is -0.349 e. The number of carbonyl (C=O) groups excluding carboxylic acids is 2. The van der Waals surface area contributed by atoms with E-state index in [1.165, 1.54) is 4.90 Å². The van der Waals surface area contributed by atoms with Crippen LogP contribution in [0.4, 0.5) is 13.2 Å². The molecule has 0 aliphatic carbocycles. The fraction of sp³-hybridized carbons (Fsp3) is 0.467. The Bertz CT molecular complexity index is 501. The van der Waals surface area contributed by atoms with Crippen molar-refractivity contribution in [3.05, 3.63) is 35.9 Å². The summed E-state index contributed by atoms with van der Waals surface area (Å²) in [6.45, 7) is 0. The van der Waals surface area contributed by atoms with Crippen LogP contribution in [0.3, 0.4) is 0 Å². The molecule has 1 aromatic rings. The Morgan fingerprint density at radius 1 is 1.18 bits per heavy atom. The molecule has 0 bridgehead atoms. The van der Waals surface area contributed by atoms with Gasteiger partial charge >= 0.3 is 12.1 Å². The lowest BCUT2D eigenvalue weighted by molar-refractivity contribution is -0.174. The van der Waals surface area contributed by atoms with E-state index >= 15 is 0 Å². The van der Waals surface area contributed by atoms with E-state index in [9.17, 15) is 22.8 Å². The molecule has 0 unspecified atom stereocenters. The van der Waals surface area contributed by atoms with E-state index in [4.69, 9.17) is 0 Å². The fourth-order valence-electron chi connectivity index (χ4n) is 1.91. The van der Waals surface area contributed by atoms with Gasteiger partial charge in [0.15, 0.2) is 0 Å². The first-order chi connectivity index (χ1) is 10.2. The highest BCUT2D eigenvalue weighted by molar-refractivity contribution is 5.82. The summed E-state index contributed by atoms with van der Waals surface area (Å²) < 4.78 is 37.2. The number of alkyl halides is 3. The van der Waals surface area contributed by atoms with Crippen LogP contribution in [0.1, 0.15) is 18.4 Å². The maximum Gasteiger partial charge on any atom is 0.471 e. The summed E-state index contributed by atoms with van der Waals surface area (Å²) in [7, 11) is 3.14. The zero-order valence-corrected chi connectivity index (χ0v) is 12.5. The minimum atomic E-state index is -4.93. The smallest absolute Gasteiger partial charge is 0.349 e. The van der Waals surface area contributed by atoms with Crippen LogP contribution >= 0.6 is 0 Å². The number of rotatable bonds is 6. The van der Waals surface area contributed by atoms with Crippen LogP contribution in [0.25, 0.3) is 0 Å². The molecule has 7 heteroatoms. The van der Waals surface area contributed by atoms with Gasteiger partial charge in [-0.15, -0.1) is 0 Å². The molecule has 122 valence electrons. The second-order valence-corrected chi connectivity index (χ2v) is 5.18. The summed E-state index contributed by atoms with van der Waals surface area (Å²) >= 11 is 0. The monoisotopic (exact) mass is 316 g/mol. The van der Waals surface area contributed by atoms with Crippen LogP contribution in [-0.2, 0) is 16.0 Å². The lowest BCUT2D eigenvalue weighted by Gasteiger charge is -2.20. The number of carbonyl (C=O) groups is 2. The molecule has 0 aliphatic heterocycles. The summed E-state index contributed by atoms with van der Waals surface area (Å²) in [5.41, 5.74) is 0.798. The first-order valence-corrected chi connectivity index (χ1v) is 6.82. The Labute approximate surface area is 127 Å². The van der Waals surface area contributed by atoms with Gasteiger partial charge in [-0.3, -0.25) is 9.59 Å². The number of nitrogens with zero attached hydrogens (tertiary/aromatic N) is 1. The molecule has 0 saturated heterocycles. The zero-order chi connectivity index (χ0) is 16.8. The number of benzene rings is 1. The summed E-state index contributed by atoms with van der Waals surface area (Å²) in [5, 5.41) is 1.97. The van der Waals surface area contributed by atoms with Gasteiger partial charge in [0.2, 0.25) is 5.91 Å². The quantitative estimate of drug-likeness (QED) is 0.874. The average molecular weight is 316 g/mol. The topological polar surface area (TPSA) is 49.4 Å². The zero-order valence-electron chi connectivity index (χ0n) is 12.5. The van der Waals surface area contributed by atoms with Crippen molar-refractivity contribution < 1.29 is 22.8 Å². The number of halogens is 3.